The lowest BCUT2D eigenvalue weighted by Crippen LogP contribution is -2.43. The molecule has 0 aromatic carbocycles. The van der Waals surface area contributed by atoms with Crippen molar-refractivity contribution < 1.29 is 14.3 Å². The van der Waals surface area contributed by atoms with Crippen LogP contribution < -0.4 is 10.6 Å². The maximum absolute atomic E-state index is 11.4. The van der Waals surface area contributed by atoms with Crippen molar-refractivity contribution in [3.05, 3.63) is 0 Å². The molecule has 96 valence electrons. The van der Waals surface area contributed by atoms with E-state index < -0.39 is 0 Å². The average Bonchev–Trinajstić information content (AvgIpc) is 2.22. The van der Waals surface area contributed by atoms with Gasteiger partial charge in [0.1, 0.15) is 0 Å². The van der Waals surface area contributed by atoms with Gasteiger partial charge in [0, 0.05) is 26.8 Å². The van der Waals surface area contributed by atoms with Crippen molar-refractivity contribution in [2.75, 3.05) is 40.0 Å². The van der Waals surface area contributed by atoms with Crippen LogP contribution in [0.5, 0.6) is 0 Å². The van der Waals surface area contributed by atoms with Gasteiger partial charge in [-0.05, 0) is 20.8 Å². The van der Waals surface area contributed by atoms with Gasteiger partial charge in [-0.1, -0.05) is 0 Å². The Labute approximate surface area is 97.9 Å². The van der Waals surface area contributed by atoms with Gasteiger partial charge in [-0.3, -0.25) is 4.79 Å². The smallest absolute Gasteiger partial charge is 0.234 e. The fourth-order valence-electron chi connectivity index (χ4n) is 1.19. The number of carbonyl (C=O) groups is 1. The van der Waals surface area contributed by atoms with Crippen LogP contribution in [-0.4, -0.2) is 51.5 Å². The summed E-state index contributed by atoms with van der Waals surface area (Å²) in [5.74, 6) is -0.0242. The van der Waals surface area contributed by atoms with E-state index in [0.717, 1.165) is 0 Å². The summed E-state index contributed by atoms with van der Waals surface area (Å²) in [5.41, 5.74) is -0.309. The van der Waals surface area contributed by atoms with E-state index in [9.17, 15) is 4.79 Å². The molecule has 0 saturated heterocycles. The number of carbonyl (C=O) groups excluding carboxylic acids is 1. The van der Waals surface area contributed by atoms with Crippen molar-refractivity contribution in [3.8, 4) is 0 Å². The lowest BCUT2D eigenvalue weighted by Gasteiger charge is -2.24. The van der Waals surface area contributed by atoms with E-state index in [1.807, 2.05) is 20.8 Å². The standard InChI is InChI=1S/C11H24N2O3/c1-5-16-11(2,3)9-13-10(14)8-12-6-7-15-4/h12H,5-9H2,1-4H3,(H,13,14). The first-order valence-corrected chi connectivity index (χ1v) is 5.62. The third-order valence-electron chi connectivity index (χ3n) is 2.01. The highest BCUT2D eigenvalue weighted by Crippen LogP contribution is 2.06. The van der Waals surface area contributed by atoms with Crippen LogP contribution in [0.25, 0.3) is 0 Å². The molecule has 0 aliphatic heterocycles. The van der Waals surface area contributed by atoms with Crippen LogP contribution in [-0.2, 0) is 14.3 Å². The molecular weight excluding hydrogens is 208 g/mol. The first-order chi connectivity index (χ1) is 7.52. The molecule has 0 aromatic rings. The molecule has 1 amide bonds. The summed E-state index contributed by atoms with van der Waals surface area (Å²) in [5, 5.41) is 5.79. The number of rotatable bonds is 9. The second-order valence-electron chi connectivity index (χ2n) is 4.14. The van der Waals surface area contributed by atoms with Gasteiger partial charge in [-0.2, -0.15) is 0 Å². The lowest BCUT2D eigenvalue weighted by atomic mass is 10.1. The normalized spacial score (nSPS) is 11.5. The largest absolute Gasteiger partial charge is 0.383 e. The second-order valence-corrected chi connectivity index (χ2v) is 4.14. The van der Waals surface area contributed by atoms with Gasteiger partial charge < -0.3 is 20.1 Å². The number of hydrogen-bond donors (Lipinski definition) is 2. The zero-order valence-electron chi connectivity index (χ0n) is 10.8. The molecule has 0 atom stereocenters. The van der Waals surface area contributed by atoms with E-state index in [2.05, 4.69) is 10.6 Å². The lowest BCUT2D eigenvalue weighted by molar-refractivity contribution is -0.121. The van der Waals surface area contributed by atoms with Crippen LogP contribution in [0.4, 0.5) is 0 Å². The number of nitrogens with one attached hydrogen (secondary N) is 2. The molecule has 5 heteroatoms. The van der Waals surface area contributed by atoms with E-state index in [1.165, 1.54) is 0 Å². The Morgan fingerprint density at radius 1 is 1.38 bits per heavy atom. The van der Waals surface area contributed by atoms with Crippen LogP contribution in [0, 0.1) is 0 Å². The van der Waals surface area contributed by atoms with Crippen LogP contribution >= 0.6 is 0 Å². The molecule has 0 unspecified atom stereocenters. The molecule has 0 heterocycles. The minimum atomic E-state index is -0.309. The zero-order chi connectivity index (χ0) is 12.4. The molecular formula is C11H24N2O3. The second kappa shape index (κ2) is 8.50. The van der Waals surface area contributed by atoms with Crippen LogP contribution in [0.1, 0.15) is 20.8 Å². The predicted molar refractivity (Wildman–Crippen MR) is 63.5 cm³/mol. The van der Waals surface area contributed by atoms with Crippen molar-refractivity contribution in [1.82, 2.24) is 10.6 Å². The molecule has 0 rings (SSSR count). The van der Waals surface area contributed by atoms with E-state index in [-0.39, 0.29) is 11.5 Å². The first kappa shape index (κ1) is 15.3. The highest BCUT2D eigenvalue weighted by atomic mass is 16.5. The molecule has 0 aromatic heterocycles. The Hall–Kier alpha value is -0.650. The van der Waals surface area contributed by atoms with Gasteiger partial charge in [-0.25, -0.2) is 0 Å². The minimum Gasteiger partial charge on any atom is -0.383 e. The summed E-state index contributed by atoms with van der Waals surface area (Å²) in [6, 6.07) is 0. The molecule has 0 radical (unpaired) electrons. The number of methoxy groups -OCH3 is 1. The van der Waals surface area contributed by atoms with E-state index in [4.69, 9.17) is 9.47 Å². The molecule has 0 bridgehead atoms. The van der Waals surface area contributed by atoms with Gasteiger partial charge in [0.25, 0.3) is 0 Å². The van der Waals surface area contributed by atoms with Gasteiger partial charge in [-0.15, -0.1) is 0 Å². The van der Waals surface area contributed by atoms with Crippen molar-refractivity contribution in [2.45, 2.75) is 26.4 Å². The fraction of sp³-hybridized carbons (Fsp3) is 0.909. The molecule has 0 aliphatic carbocycles. The highest BCUT2D eigenvalue weighted by Gasteiger charge is 2.18. The van der Waals surface area contributed by atoms with Gasteiger partial charge >= 0.3 is 0 Å². The van der Waals surface area contributed by atoms with E-state index >= 15 is 0 Å². The van der Waals surface area contributed by atoms with Crippen molar-refractivity contribution >= 4 is 5.91 Å². The number of amides is 1. The van der Waals surface area contributed by atoms with E-state index in [1.54, 1.807) is 7.11 Å². The van der Waals surface area contributed by atoms with Crippen molar-refractivity contribution in [1.29, 1.82) is 0 Å². The Morgan fingerprint density at radius 3 is 2.62 bits per heavy atom. The van der Waals surface area contributed by atoms with Crippen molar-refractivity contribution in [3.63, 3.8) is 0 Å². The van der Waals surface area contributed by atoms with Crippen LogP contribution in [0.15, 0.2) is 0 Å². The van der Waals surface area contributed by atoms with Crippen LogP contribution in [0.3, 0.4) is 0 Å². The van der Waals surface area contributed by atoms with Crippen LogP contribution in [0.2, 0.25) is 0 Å². The summed E-state index contributed by atoms with van der Waals surface area (Å²) < 4.78 is 10.3. The summed E-state index contributed by atoms with van der Waals surface area (Å²) in [4.78, 5) is 11.4. The number of hydrogen-bond acceptors (Lipinski definition) is 4. The first-order valence-electron chi connectivity index (χ1n) is 5.62. The summed E-state index contributed by atoms with van der Waals surface area (Å²) >= 11 is 0. The molecule has 2 N–H and O–H groups in total. The Morgan fingerprint density at radius 2 is 2.06 bits per heavy atom. The van der Waals surface area contributed by atoms with Gasteiger partial charge in [0.2, 0.25) is 5.91 Å². The third kappa shape index (κ3) is 8.64. The fourth-order valence-corrected chi connectivity index (χ4v) is 1.19. The van der Waals surface area contributed by atoms with E-state index in [0.29, 0.717) is 32.8 Å². The maximum atomic E-state index is 11.4. The summed E-state index contributed by atoms with van der Waals surface area (Å²) in [6.07, 6.45) is 0. The third-order valence-corrected chi connectivity index (χ3v) is 2.01. The topological polar surface area (TPSA) is 59.6 Å². The Bertz CT molecular complexity index is 196. The minimum absolute atomic E-state index is 0.0242. The Kier molecular flexibility index (Phi) is 8.15. The predicted octanol–water partition coefficient (Wildman–Crippen LogP) is 0.154. The van der Waals surface area contributed by atoms with Gasteiger partial charge in [0.15, 0.2) is 0 Å². The molecule has 0 aliphatic rings. The quantitative estimate of drug-likeness (QED) is 0.556. The molecule has 16 heavy (non-hydrogen) atoms. The summed E-state index contributed by atoms with van der Waals surface area (Å²) in [7, 11) is 1.63. The molecule has 0 saturated carbocycles. The Balaban J connectivity index is 3.56. The number of ether oxygens (including phenoxy) is 2. The molecule has 0 spiro atoms. The maximum Gasteiger partial charge on any atom is 0.234 e. The zero-order valence-corrected chi connectivity index (χ0v) is 10.8. The molecule has 0 fully saturated rings. The van der Waals surface area contributed by atoms with Crippen molar-refractivity contribution in [2.24, 2.45) is 0 Å². The summed E-state index contributed by atoms with van der Waals surface area (Å²) in [6.45, 7) is 8.61. The van der Waals surface area contributed by atoms with Gasteiger partial charge in [0.05, 0.1) is 18.8 Å². The monoisotopic (exact) mass is 232 g/mol. The molecule has 5 nitrogen and oxygen atoms in total. The highest BCUT2D eigenvalue weighted by molar-refractivity contribution is 5.78. The average molecular weight is 232 g/mol. The SMILES string of the molecule is CCOC(C)(C)CNC(=O)CNCCOC.